The van der Waals surface area contributed by atoms with Crippen LogP contribution in [0.25, 0.3) is 0 Å². The van der Waals surface area contributed by atoms with Crippen LogP contribution in [0.5, 0.6) is 0 Å². The molecule has 0 aliphatic heterocycles. The zero-order valence-electron chi connectivity index (χ0n) is 8.84. The summed E-state index contributed by atoms with van der Waals surface area (Å²) in [6.07, 6.45) is 0. The molecule has 0 aliphatic carbocycles. The standard InChI is InChI=1S/C10H15ClN2OS/c1-7(2)12-4-5-13-10(14)9-8(11)3-6-15-9/h3,6-7,12H,4-5H2,1-2H3,(H,13,14). The molecule has 5 heteroatoms. The van der Waals surface area contributed by atoms with Crippen molar-refractivity contribution in [3.05, 3.63) is 21.3 Å². The highest BCUT2D eigenvalue weighted by Crippen LogP contribution is 2.21. The van der Waals surface area contributed by atoms with Gasteiger partial charge in [-0.05, 0) is 11.4 Å². The highest BCUT2D eigenvalue weighted by atomic mass is 35.5. The lowest BCUT2D eigenvalue weighted by Crippen LogP contribution is -2.34. The van der Waals surface area contributed by atoms with Crippen LogP contribution >= 0.6 is 22.9 Å². The molecule has 0 unspecified atom stereocenters. The fourth-order valence-electron chi connectivity index (χ4n) is 1.07. The summed E-state index contributed by atoms with van der Waals surface area (Å²) in [6, 6.07) is 2.17. The first-order chi connectivity index (χ1) is 7.11. The van der Waals surface area contributed by atoms with Gasteiger partial charge in [-0.25, -0.2) is 0 Å². The lowest BCUT2D eigenvalue weighted by atomic mass is 10.4. The maximum Gasteiger partial charge on any atom is 0.262 e. The van der Waals surface area contributed by atoms with E-state index in [4.69, 9.17) is 11.6 Å². The number of amides is 1. The lowest BCUT2D eigenvalue weighted by molar-refractivity contribution is 0.0958. The molecule has 1 rings (SSSR count). The average molecular weight is 247 g/mol. The smallest absolute Gasteiger partial charge is 0.262 e. The van der Waals surface area contributed by atoms with Crippen molar-refractivity contribution in [3.63, 3.8) is 0 Å². The predicted molar refractivity (Wildman–Crippen MR) is 64.8 cm³/mol. The van der Waals surface area contributed by atoms with Crippen LogP contribution in [0.1, 0.15) is 23.5 Å². The minimum Gasteiger partial charge on any atom is -0.350 e. The van der Waals surface area contributed by atoms with Crippen molar-refractivity contribution in [2.45, 2.75) is 19.9 Å². The van der Waals surface area contributed by atoms with Gasteiger partial charge in [0.2, 0.25) is 0 Å². The van der Waals surface area contributed by atoms with E-state index in [1.165, 1.54) is 11.3 Å². The summed E-state index contributed by atoms with van der Waals surface area (Å²) in [4.78, 5) is 12.1. The SMILES string of the molecule is CC(C)NCCNC(=O)c1sccc1Cl. The molecule has 1 aromatic heterocycles. The van der Waals surface area contributed by atoms with Crippen LogP contribution in [-0.2, 0) is 0 Å². The lowest BCUT2D eigenvalue weighted by Gasteiger charge is -2.08. The van der Waals surface area contributed by atoms with E-state index in [1.807, 2.05) is 5.38 Å². The molecule has 0 radical (unpaired) electrons. The minimum absolute atomic E-state index is 0.0967. The molecule has 2 N–H and O–H groups in total. The highest BCUT2D eigenvalue weighted by molar-refractivity contribution is 7.12. The molecule has 1 heterocycles. The Hall–Kier alpha value is -0.580. The van der Waals surface area contributed by atoms with Crippen LogP contribution < -0.4 is 10.6 Å². The Kier molecular flexibility index (Phi) is 5.08. The Labute approximate surface area is 98.8 Å². The average Bonchev–Trinajstić information content (AvgIpc) is 2.58. The maximum atomic E-state index is 11.6. The molecule has 0 atom stereocenters. The van der Waals surface area contributed by atoms with Gasteiger partial charge in [0.05, 0.1) is 5.02 Å². The molecule has 1 aromatic rings. The first kappa shape index (κ1) is 12.5. The minimum atomic E-state index is -0.0967. The van der Waals surface area contributed by atoms with Gasteiger partial charge in [-0.2, -0.15) is 0 Å². The van der Waals surface area contributed by atoms with Crippen molar-refractivity contribution >= 4 is 28.8 Å². The summed E-state index contributed by atoms with van der Waals surface area (Å²) in [7, 11) is 0. The molecule has 84 valence electrons. The van der Waals surface area contributed by atoms with E-state index in [9.17, 15) is 4.79 Å². The number of hydrogen-bond acceptors (Lipinski definition) is 3. The number of carbonyl (C=O) groups is 1. The number of rotatable bonds is 5. The van der Waals surface area contributed by atoms with Gasteiger partial charge < -0.3 is 10.6 Å². The Morgan fingerprint density at radius 2 is 2.27 bits per heavy atom. The first-order valence-electron chi connectivity index (χ1n) is 4.86. The second kappa shape index (κ2) is 6.10. The molecule has 3 nitrogen and oxygen atoms in total. The van der Waals surface area contributed by atoms with Gasteiger partial charge in [0, 0.05) is 19.1 Å². The second-order valence-electron chi connectivity index (χ2n) is 3.46. The van der Waals surface area contributed by atoms with Gasteiger partial charge >= 0.3 is 0 Å². The maximum absolute atomic E-state index is 11.6. The summed E-state index contributed by atoms with van der Waals surface area (Å²) in [5.74, 6) is -0.0967. The summed E-state index contributed by atoms with van der Waals surface area (Å²) in [5.41, 5.74) is 0. The quantitative estimate of drug-likeness (QED) is 0.782. The summed E-state index contributed by atoms with van der Waals surface area (Å²) < 4.78 is 0. The molecule has 0 spiro atoms. The Bertz CT molecular complexity index is 325. The van der Waals surface area contributed by atoms with Crippen molar-refractivity contribution in [1.82, 2.24) is 10.6 Å². The zero-order chi connectivity index (χ0) is 11.3. The molecule has 0 saturated heterocycles. The molecular formula is C10H15ClN2OS. The molecule has 15 heavy (non-hydrogen) atoms. The highest BCUT2D eigenvalue weighted by Gasteiger charge is 2.10. The molecule has 1 amide bonds. The van der Waals surface area contributed by atoms with Crippen molar-refractivity contribution in [2.24, 2.45) is 0 Å². The van der Waals surface area contributed by atoms with Gasteiger partial charge in [-0.1, -0.05) is 25.4 Å². The zero-order valence-corrected chi connectivity index (χ0v) is 10.4. The summed E-state index contributed by atoms with van der Waals surface area (Å²) >= 11 is 7.19. The third-order valence-electron chi connectivity index (χ3n) is 1.79. The Morgan fingerprint density at radius 3 is 2.80 bits per heavy atom. The van der Waals surface area contributed by atoms with E-state index < -0.39 is 0 Å². The van der Waals surface area contributed by atoms with Crippen molar-refractivity contribution < 1.29 is 4.79 Å². The third kappa shape index (κ3) is 4.20. The van der Waals surface area contributed by atoms with Crippen LogP contribution in [0.3, 0.4) is 0 Å². The van der Waals surface area contributed by atoms with Gasteiger partial charge in [0.25, 0.3) is 5.91 Å². The van der Waals surface area contributed by atoms with Crippen LogP contribution in [0, 0.1) is 0 Å². The third-order valence-corrected chi connectivity index (χ3v) is 3.13. The normalized spacial score (nSPS) is 10.7. The Balaban J connectivity index is 2.28. The topological polar surface area (TPSA) is 41.1 Å². The van der Waals surface area contributed by atoms with E-state index in [0.717, 1.165) is 6.54 Å². The van der Waals surface area contributed by atoms with Crippen LogP contribution in [0.2, 0.25) is 5.02 Å². The number of halogens is 1. The summed E-state index contributed by atoms with van der Waals surface area (Å²) in [5, 5.41) is 8.35. The fraction of sp³-hybridized carbons (Fsp3) is 0.500. The van der Waals surface area contributed by atoms with E-state index in [-0.39, 0.29) is 5.91 Å². The van der Waals surface area contributed by atoms with E-state index in [2.05, 4.69) is 24.5 Å². The summed E-state index contributed by atoms with van der Waals surface area (Å²) in [6.45, 7) is 5.52. The Morgan fingerprint density at radius 1 is 1.53 bits per heavy atom. The molecule has 0 aliphatic rings. The number of nitrogens with one attached hydrogen (secondary N) is 2. The molecular weight excluding hydrogens is 232 g/mol. The van der Waals surface area contributed by atoms with Gasteiger partial charge in [0.15, 0.2) is 0 Å². The van der Waals surface area contributed by atoms with Crippen LogP contribution in [0.4, 0.5) is 0 Å². The number of thiophene rings is 1. The van der Waals surface area contributed by atoms with Crippen molar-refractivity contribution in [3.8, 4) is 0 Å². The largest absolute Gasteiger partial charge is 0.350 e. The van der Waals surface area contributed by atoms with Gasteiger partial charge in [-0.15, -0.1) is 11.3 Å². The van der Waals surface area contributed by atoms with E-state index >= 15 is 0 Å². The molecule has 0 fully saturated rings. The van der Waals surface area contributed by atoms with E-state index in [0.29, 0.717) is 22.5 Å². The van der Waals surface area contributed by atoms with Crippen LogP contribution in [0.15, 0.2) is 11.4 Å². The first-order valence-corrected chi connectivity index (χ1v) is 6.11. The van der Waals surface area contributed by atoms with E-state index in [1.54, 1.807) is 6.07 Å². The molecule has 0 saturated carbocycles. The number of hydrogen-bond donors (Lipinski definition) is 2. The monoisotopic (exact) mass is 246 g/mol. The molecule has 0 bridgehead atoms. The fourth-order valence-corrected chi connectivity index (χ4v) is 2.13. The van der Waals surface area contributed by atoms with Gasteiger partial charge in [0.1, 0.15) is 4.88 Å². The van der Waals surface area contributed by atoms with Crippen LogP contribution in [-0.4, -0.2) is 25.0 Å². The second-order valence-corrected chi connectivity index (χ2v) is 4.79. The predicted octanol–water partition coefficient (Wildman–Crippen LogP) is 2.13. The van der Waals surface area contributed by atoms with Gasteiger partial charge in [-0.3, -0.25) is 4.79 Å². The van der Waals surface area contributed by atoms with Crippen molar-refractivity contribution in [2.75, 3.05) is 13.1 Å². The molecule has 0 aromatic carbocycles. The van der Waals surface area contributed by atoms with Crippen molar-refractivity contribution in [1.29, 1.82) is 0 Å². The number of carbonyl (C=O) groups excluding carboxylic acids is 1.